The van der Waals surface area contributed by atoms with Crippen molar-refractivity contribution < 1.29 is 5.11 Å². The zero-order valence-corrected chi connectivity index (χ0v) is 14.3. The molecule has 1 N–H and O–H groups in total. The number of rotatable bonds is 2. The third-order valence-electron chi connectivity index (χ3n) is 3.26. The second-order valence-corrected chi connectivity index (χ2v) is 6.65. The van der Waals surface area contributed by atoms with Gasteiger partial charge in [0.2, 0.25) is 0 Å². The highest BCUT2D eigenvalue weighted by atomic mass is 79.9. The van der Waals surface area contributed by atoms with Gasteiger partial charge in [-0.15, -0.1) is 0 Å². The van der Waals surface area contributed by atoms with Crippen molar-refractivity contribution in [2.45, 2.75) is 26.9 Å². The van der Waals surface area contributed by atoms with E-state index >= 15 is 0 Å². The molecule has 100 valence electrons. The molecule has 0 spiro atoms. The van der Waals surface area contributed by atoms with E-state index in [4.69, 9.17) is 0 Å². The SMILES string of the molecule is Cc1cc(C)c(C(O)c2cc(Br)ccc2Br)c(C)c1. The number of aliphatic hydroxyl groups excluding tert-OH is 1. The number of benzene rings is 2. The standard InChI is InChI=1S/C16H16Br2O/c1-9-6-10(2)15(11(3)7-9)16(19)13-8-12(17)4-5-14(13)18/h4-8,16,19H,1-3H3. The molecule has 2 rings (SSSR count). The van der Waals surface area contributed by atoms with Gasteiger partial charge in [-0.05, 0) is 55.7 Å². The van der Waals surface area contributed by atoms with E-state index in [0.29, 0.717) is 0 Å². The second kappa shape index (κ2) is 5.78. The van der Waals surface area contributed by atoms with Crippen molar-refractivity contribution in [2.24, 2.45) is 0 Å². The van der Waals surface area contributed by atoms with Crippen LogP contribution < -0.4 is 0 Å². The minimum atomic E-state index is -0.618. The van der Waals surface area contributed by atoms with Gasteiger partial charge in [-0.3, -0.25) is 0 Å². The van der Waals surface area contributed by atoms with E-state index in [9.17, 15) is 5.11 Å². The largest absolute Gasteiger partial charge is 0.384 e. The molecule has 0 fully saturated rings. The Morgan fingerprint density at radius 2 is 1.53 bits per heavy atom. The fraction of sp³-hybridized carbons (Fsp3) is 0.250. The molecule has 0 heterocycles. The molecule has 1 atom stereocenters. The summed E-state index contributed by atoms with van der Waals surface area (Å²) in [5, 5.41) is 10.7. The van der Waals surface area contributed by atoms with Gasteiger partial charge in [-0.1, -0.05) is 49.6 Å². The zero-order valence-electron chi connectivity index (χ0n) is 11.2. The van der Waals surface area contributed by atoms with E-state index in [-0.39, 0.29) is 0 Å². The van der Waals surface area contributed by atoms with E-state index < -0.39 is 6.10 Å². The molecular weight excluding hydrogens is 368 g/mol. The molecule has 1 nitrogen and oxygen atoms in total. The summed E-state index contributed by atoms with van der Waals surface area (Å²) < 4.78 is 1.88. The van der Waals surface area contributed by atoms with Crippen LogP contribution in [0.1, 0.15) is 33.9 Å². The Labute approximate surface area is 130 Å². The van der Waals surface area contributed by atoms with Crippen LogP contribution in [0.5, 0.6) is 0 Å². The third-order valence-corrected chi connectivity index (χ3v) is 4.48. The topological polar surface area (TPSA) is 20.2 Å². The molecule has 0 aliphatic rings. The fourth-order valence-corrected chi connectivity index (χ4v) is 3.34. The summed E-state index contributed by atoms with van der Waals surface area (Å²) in [6.07, 6.45) is -0.618. The Balaban J connectivity index is 2.56. The highest BCUT2D eigenvalue weighted by Gasteiger charge is 2.18. The Morgan fingerprint density at radius 1 is 0.947 bits per heavy atom. The highest BCUT2D eigenvalue weighted by Crippen LogP contribution is 2.34. The number of hydrogen-bond donors (Lipinski definition) is 1. The zero-order chi connectivity index (χ0) is 14.2. The van der Waals surface area contributed by atoms with E-state index in [1.807, 2.05) is 32.0 Å². The quantitative estimate of drug-likeness (QED) is 0.753. The molecule has 3 heteroatoms. The van der Waals surface area contributed by atoms with Gasteiger partial charge < -0.3 is 5.11 Å². The summed E-state index contributed by atoms with van der Waals surface area (Å²) in [6.45, 7) is 6.17. The van der Waals surface area contributed by atoms with Crippen LogP contribution in [0.2, 0.25) is 0 Å². The highest BCUT2D eigenvalue weighted by molar-refractivity contribution is 9.11. The van der Waals surface area contributed by atoms with Crippen molar-refractivity contribution in [3.63, 3.8) is 0 Å². The Bertz CT molecular complexity index is 597. The van der Waals surface area contributed by atoms with Crippen LogP contribution in [0.3, 0.4) is 0 Å². The summed E-state index contributed by atoms with van der Waals surface area (Å²) >= 11 is 6.96. The summed E-state index contributed by atoms with van der Waals surface area (Å²) in [5.74, 6) is 0. The maximum atomic E-state index is 10.7. The van der Waals surface area contributed by atoms with Gasteiger partial charge in [0.05, 0.1) is 0 Å². The van der Waals surface area contributed by atoms with E-state index in [1.165, 1.54) is 5.56 Å². The molecule has 0 aliphatic carbocycles. The van der Waals surface area contributed by atoms with Gasteiger partial charge in [-0.25, -0.2) is 0 Å². The average molecular weight is 384 g/mol. The van der Waals surface area contributed by atoms with Crippen molar-refractivity contribution >= 4 is 31.9 Å². The van der Waals surface area contributed by atoms with Crippen LogP contribution in [0.25, 0.3) is 0 Å². The Hall–Kier alpha value is -0.640. The smallest absolute Gasteiger partial charge is 0.106 e. The van der Waals surface area contributed by atoms with Crippen LogP contribution in [0.4, 0.5) is 0 Å². The number of aryl methyl sites for hydroxylation is 3. The van der Waals surface area contributed by atoms with Crippen LogP contribution >= 0.6 is 31.9 Å². The van der Waals surface area contributed by atoms with Gasteiger partial charge in [0.15, 0.2) is 0 Å². The van der Waals surface area contributed by atoms with Gasteiger partial charge in [0.25, 0.3) is 0 Å². The summed E-state index contributed by atoms with van der Waals surface area (Å²) in [7, 11) is 0. The second-order valence-electron chi connectivity index (χ2n) is 4.88. The first kappa shape index (κ1) is 14.8. The Kier molecular flexibility index (Phi) is 4.49. The van der Waals surface area contributed by atoms with Gasteiger partial charge in [-0.2, -0.15) is 0 Å². The van der Waals surface area contributed by atoms with Gasteiger partial charge >= 0.3 is 0 Å². The molecular formula is C16H16Br2O. The average Bonchev–Trinajstić information content (AvgIpc) is 2.30. The van der Waals surface area contributed by atoms with Crippen LogP contribution in [-0.4, -0.2) is 5.11 Å². The monoisotopic (exact) mass is 382 g/mol. The molecule has 1 unspecified atom stereocenters. The number of hydrogen-bond acceptors (Lipinski definition) is 1. The van der Waals surface area contributed by atoms with Crippen LogP contribution in [0.15, 0.2) is 39.3 Å². The summed E-state index contributed by atoms with van der Waals surface area (Å²) in [6, 6.07) is 10.1. The molecule has 0 saturated carbocycles. The normalized spacial score (nSPS) is 12.5. The maximum absolute atomic E-state index is 10.7. The van der Waals surface area contributed by atoms with Crippen molar-refractivity contribution in [3.8, 4) is 0 Å². The van der Waals surface area contributed by atoms with E-state index in [2.05, 4.69) is 50.9 Å². The van der Waals surface area contributed by atoms with Gasteiger partial charge in [0, 0.05) is 14.5 Å². The lowest BCUT2D eigenvalue weighted by Gasteiger charge is -2.19. The molecule has 0 amide bonds. The van der Waals surface area contributed by atoms with Crippen molar-refractivity contribution in [1.29, 1.82) is 0 Å². The predicted octanol–water partition coefficient (Wildman–Crippen LogP) is 5.22. The molecule has 2 aromatic rings. The first-order chi connectivity index (χ1) is 8.90. The van der Waals surface area contributed by atoms with Crippen LogP contribution in [0, 0.1) is 20.8 Å². The lowest BCUT2D eigenvalue weighted by Crippen LogP contribution is -2.06. The number of aliphatic hydroxyl groups is 1. The molecule has 0 radical (unpaired) electrons. The molecule has 0 saturated heterocycles. The summed E-state index contributed by atoms with van der Waals surface area (Å²) in [5.41, 5.74) is 5.34. The Morgan fingerprint density at radius 3 is 2.11 bits per heavy atom. The van der Waals surface area contributed by atoms with E-state index in [0.717, 1.165) is 31.2 Å². The van der Waals surface area contributed by atoms with Crippen molar-refractivity contribution in [3.05, 3.63) is 67.1 Å². The molecule has 0 bridgehead atoms. The van der Waals surface area contributed by atoms with Gasteiger partial charge in [0.1, 0.15) is 6.10 Å². The minimum Gasteiger partial charge on any atom is -0.384 e. The first-order valence-corrected chi connectivity index (χ1v) is 7.69. The lowest BCUT2D eigenvalue weighted by atomic mass is 9.92. The molecule has 19 heavy (non-hydrogen) atoms. The lowest BCUT2D eigenvalue weighted by molar-refractivity contribution is 0.218. The third kappa shape index (κ3) is 3.10. The predicted molar refractivity (Wildman–Crippen MR) is 86.6 cm³/mol. The first-order valence-electron chi connectivity index (χ1n) is 6.11. The van der Waals surface area contributed by atoms with E-state index in [1.54, 1.807) is 0 Å². The minimum absolute atomic E-state index is 0.618. The molecule has 0 aliphatic heterocycles. The van der Waals surface area contributed by atoms with Crippen molar-refractivity contribution in [1.82, 2.24) is 0 Å². The number of halogens is 2. The van der Waals surface area contributed by atoms with Crippen LogP contribution in [-0.2, 0) is 0 Å². The summed E-state index contributed by atoms with van der Waals surface area (Å²) in [4.78, 5) is 0. The van der Waals surface area contributed by atoms with Crippen molar-refractivity contribution in [2.75, 3.05) is 0 Å². The fourth-order valence-electron chi connectivity index (χ4n) is 2.50. The molecule has 0 aromatic heterocycles. The molecule has 2 aromatic carbocycles. The maximum Gasteiger partial charge on any atom is 0.106 e.